The molecule has 4 N–H and O–H groups in total. The van der Waals surface area contributed by atoms with Gasteiger partial charge in [-0.1, -0.05) is 24.0 Å². The second kappa shape index (κ2) is 8.27. The van der Waals surface area contributed by atoms with Gasteiger partial charge in [0, 0.05) is 11.1 Å². The zero-order valence-corrected chi connectivity index (χ0v) is 17.9. The highest BCUT2D eigenvalue weighted by atomic mass is 15.0. The molecule has 2 aliphatic heterocycles. The summed E-state index contributed by atoms with van der Waals surface area (Å²) in [5.41, 5.74) is 6.19. The largest absolute Gasteiger partial charge is 0.341 e. The van der Waals surface area contributed by atoms with E-state index in [0.29, 0.717) is 12.1 Å². The molecule has 2 aromatic heterocycles. The molecule has 160 valence electrons. The first kappa shape index (κ1) is 19.3. The molecule has 2 aliphatic rings. The van der Waals surface area contributed by atoms with Gasteiger partial charge in [0.05, 0.1) is 35.0 Å². The molecular weight excluding hydrogens is 396 g/mol. The molecular formula is C26H26N6. The van der Waals surface area contributed by atoms with Gasteiger partial charge in [-0.05, 0) is 74.7 Å². The van der Waals surface area contributed by atoms with Gasteiger partial charge in [-0.15, -0.1) is 0 Å². The van der Waals surface area contributed by atoms with Gasteiger partial charge in [0.15, 0.2) is 0 Å². The lowest BCUT2D eigenvalue weighted by Gasteiger charge is -2.05. The van der Waals surface area contributed by atoms with Crippen LogP contribution in [0, 0.1) is 11.8 Å². The highest BCUT2D eigenvalue weighted by Gasteiger charge is 2.20. The monoisotopic (exact) mass is 422 g/mol. The first-order valence-electron chi connectivity index (χ1n) is 11.5. The summed E-state index contributed by atoms with van der Waals surface area (Å²) >= 11 is 0. The topological polar surface area (TPSA) is 81.4 Å². The molecule has 0 saturated carbocycles. The van der Waals surface area contributed by atoms with Crippen LogP contribution in [0.5, 0.6) is 0 Å². The molecule has 2 aromatic carbocycles. The average molecular weight is 423 g/mol. The number of aromatic nitrogens is 4. The molecule has 6 nitrogen and oxygen atoms in total. The number of benzene rings is 2. The summed E-state index contributed by atoms with van der Waals surface area (Å²) in [7, 11) is 0. The number of aromatic amines is 2. The fourth-order valence-electron chi connectivity index (χ4n) is 4.65. The smallest absolute Gasteiger partial charge is 0.124 e. The summed E-state index contributed by atoms with van der Waals surface area (Å²) in [6.45, 7) is 2.14. The predicted octanol–water partition coefficient (Wildman–Crippen LogP) is 4.20. The fourth-order valence-corrected chi connectivity index (χ4v) is 4.65. The lowest BCUT2D eigenvalue weighted by molar-refractivity contribution is 0.613. The molecule has 0 radical (unpaired) electrons. The lowest BCUT2D eigenvalue weighted by atomic mass is 10.1. The van der Waals surface area contributed by atoms with E-state index in [1.165, 1.54) is 12.8 Å². The number of imidazole rings is 2. The van der Waals surface area contributed by atoms with E-state index < -0.39 is 0 Å². The Labute approximate surface area is 187 Å². The van der Waals surface area contributed by atoms with E-state index in [1.54, 1.807) is 0 Å². The highest BCUT2D eigenvalue weighted by Crippen LogP contribution is 2.25. The van der Waals surface area contributed by atoms with Gasteiger partial charge < -0.3 is 20.6 Å². The van der Waals surface area contributed by atoms with Gasteiger partial charge in [0.1, 0.15) is 11.6 Å². The van der Waals surface area contributed by atoms with Crippen molar-refractivity contribution in [2.75, 3.05) is 13.1 Å². The quantitative estimate of drug-likeness (QED) is 0.373. The third kappa shape index (κ3) is 3.81. The van der Waals surface area contributed by atoms with Gasteiger partial charge in [0.2, 0.25) is 0 Å². The van der Waals surface area contributed by atoms with Crippen molar-refractivity contribution >= 4 is 11.0 Å². The van der Waals surface area contributed by atoms with Crippen LogP contribution in [0.1, 0.15) is 60.5 Å². The number of fused-ring (bicyclic) bond motifs is 1. The fraction of sp³-hybridized carbons (Fsp3) is 0.308. The summed E-state index contributed by atoms with van der Waals surface area (Å²) in [5, 5.41) is 6.98. The summed E-state index contributed by atoms with van der Waals surface area (Å²) in [6.07, 6.45) is 6.62. The Morgan fingerprint density at radius 1 is 0.781 bits per heavy atom. The number of hydrogen-bond donors (Lipinski definition) is 4. The molecule has 0 bridgehead atoms. The van der Waals surface area contributed by atoms with Crippen molar-refractivity contribution < 1.29 is 0 Å². The van der Waals surface area contributed by atoms with E-state index >= 15 is 0 Å². The SMILES string of the molecule is C(#Cc1ccc2nc([C@@H]3CCCN3)[nH]c2c1)c1ccc(-c2cnc([C@@H]3CCCN3)[nH]2)cc1. The Morgan fingerprint density at radius 3 is 2.25 bits per heavy atom. The number of rotatable bonds is 3. The van der Waals surface area contributed by atoms with Crippen molar-refractivity contribution in [3.63, 3.8) is 0 Å². The maximum absolute atomic E-state index is 4.74. The molecule has 0 unspecified atom stereocenters. The third-order valence-corrected chi connectivity index (χ3v) is 6.42. The minimum absolute atomic E-state index is 0.343. The molecule has 4 aromatic rings. The van der Waals surface area contributed by atoms with Crippen molar-refractivity contribution in [2.45, 2.75) is 37.8 Å². The lowest BCUT2D eigenvalue weighted by Crippen LogP contribution is -2.14. The number of hydrogen-bond acceptors (Lipinski definition) is 4. The summed E-state index contributed by atoms with van der Waals surface area (Å²) < 4.78 is 0. The van der Waals surface area contributed by atoms with Crippen molar-refractivity contribution in [3.05, 3.63) is 71.4 Å². The maximum atomic E-state index is 4.74. The Kier molecular flexibility index (Phi) is 4.99. The first-order chi connectivity index (χ1) is 15.8. The molecule has 0 aliphatic carbocycles. The Balaban J connectivity index is 1.18. The number of nitrogens with one attached hydrogen (secondary N) is 4. The molecule has 2 fully saturated rings. The van der Waals surface area contributed by atoms with Gasteiger partial charge >= 0.3 is 0 Å². The van der Waals surface area contributed by atoms with E-state index in [1.807, 2.05) is 18.3 Å². The Morgan fingerprint density at radius 2 is 1.50 bits per heavy atom. The van der Waals surface area contributed by atoms with Crippen LogP contribution in [0.3, 0.4) is 0 Å². The molecule has 6 heteroatoms. The van der Waals surface area contributed by atoms with Gasteiger partial charge in [-0.3, -0.25) is 0 Å². The van der Waals surface area contributed by atoms with Crippen LogP contribution >= 0.6 is 0 Å². The zero-order valence-electron chi connectivity index (χ0n) is 17.9. The van der Waals surface area contributed by atoms with Gasteiger partial charge in [-0.2, -0.15) is 0 Å². The molecule has 2 atom stereocenters. The average Bonchev–Trinajstić information content (AvgIpc) is 3.63. The van der Waals surface area contributed by atoms with Crippen LogP contribution in [0.4, 0.5) is 0 Å². The van der Waals surface area contributed by atoms with Crippen LogP contribution in [0.15, 0.2) is 48.7 Å². The molecule has 0 amide bonds. The molecule has 2 saturated heterocycles. The molecule has 32 heavy (non-hydrogen) atoms. The predicted molar refractivity (Wildman–Crippen MR) is 126 cm³/mol. The standard InChI is InChI=1S/C26H26N6/c1-3-21(27-13-1)25-29-16-24(32-25)19-10-7-17(8-11-19)5-6-18-9-12-20-23(15-18)31-26(30-20)22-4-2-14-28-22/h7-12,15-16,21-22,27-28H,1-4,13-14H2,(H,29,32)(H,30,31)/t21-,22-/m0/s1. The van der Waals surface area contributed by atoms with Crippen molar-refractivity contribution in [2.24, 2.45) is 0 Å². The number of nitrogens with zero attached hydrogens (tertiary/aromatic N) is 2. The van der Waals surface area contributed by atoms with Gasteiger partial charge in [0.25, 0.3) is 0 Å². The van der Waals surface area contributed by atoms with E-state index in [0.717, 1.165) is 71.0 Å². The van der Waals surface area contributed by atoms with Crippen molar-refractivity contribution in [3.8, 4) is 23.1 Å². The van der Waals surface area contributed by atoms with Crippen molar-refractivity contribution in [1.82, 2.24) is 30.6 Å². The normalized spacial score (nSPS) is 20.5. The minimum Gasteiger partial charge on any atom is -0.341 e. The molecule has 4 heterocycles. The van der Waals surface area contributed by atoms with Crippen LogP contribution < -0.4 is 10.6 Å². The van der Waals surface area contributed by atoms with Gasteiger partial charge in [-0.25, -0.2) is 9.97 Å². The Hall–Kier alpha value is -3.40. The van der Waals surface area contributed by atoms with Crippen LogP contribution in [0.2, 0.25) is 0 Å². The van der Waals surface area contributed by atoms with E-state index in [2.05, 4.69) is 67.8 Å². The summed E-state index contributed by atoms with van der Waals surface area (Å²) in [6, 6.07) is 15.2. The van der Waals surface area contributed by atoms with E-state index in [9.17, 15) is 0 Å². The van der Waals surface area contributed by atoms with Crippen molar-refractivity contribution in [1.29, 1.82) is 0 Å². The van der Waals surface area contributed by atoms with Crippen LogP contribution in [0.25, 0.3) is 22.3 Å². The summed E-state index contributed by atoms with van der Waals surface area (Å²) in [4.78, 5) is 16.2. The minimum atomic E-state index is 0.343. The third-order valence-electron chi connectivity index (χ3n) is 6.42. The van der Waals surface area contributed by atoms with E-state index in [4.69, 9.17) is 4.98 Å². The Bertz CT molecular complexity index is 1290. The highest BCUT2D eigenvalue weighted by molar-refractivity contribution is 5.77. The number of H-pyrrole nitrogens is 2. The van der Waals surface area contributed by atoms with E-state index in [-0.39, 0.29) is 0 Å². The first-order valence-corrected chi connectivity index (χ1v) is 11.5. The van der Waals surface area contributed by atoms with Crippen LogP contribution in [-0.4, -0.2) is 33.0 Å². The summed E-state index contributed by atoms with van der Waals surface area (Å²) in [5.74, 6) is 8.64. The molecule has 0 spiro atoms. The zero-order chi connectivity index (χ0) is 21.3. The maximum Gasteiger partial charge on any atom is 0.124 e. The second-order valence-electron chi connectivity index (χ2n) is 8.66. The second-order valence-corrected chi connectivity index (χ2v) is 8.66. The molecule has 6 rings (SSSR count). The van der Waals surface area contributed by atoms with Crippen LogP contribution in [-0.2, 0) is 0 Å².